The number of pyridine rings is 1. The van der Waals surface area contributed by atoms with Crippen LogP contribution in [0.25, 0.3) is 10.9 Å². The molecule has 5 rings (SSSR count). The van der Waals surface area contributed by atoms with Gasteiger partial charge in [0.15, 0.2) is 5.82 Å². The second kappa shape index (κ2) is 8.38. The fraction of sp³-hybridized carbons (Fsp3) is 0.407. The molecule has 7 heteroatoms. The number of hydrogen-bond donors (Lipinski definition) is 1. The molecule has 176 valence electrons. The summed E-state index contributed by atoms with van der Waals surface area (Å²) in [7, 11) is 0. The molecule has 1 atom stereocenters. The SMILES string of the molecule is CCC(C)(C)n1nnnc1[C@H](c1cc2cc(C)c(C)cc2[nH]c1=O)N1CCCc2ccccc21. The van der Waals surface area contributed by atoms with Crippen molar-refractivity contribution in [2.45, 2.75) is 65.5 Å². The number of rotatable bonds is 5. The molecule has 0 aliphatic carbocycles. The molecule has 0 saturated carbocycles. The lowest BCUT2D eigenvalue weighted by atomic mass is 9.95. The zero-order valence-electron chi connectivity index (χ0n) is 20.6. The molecule has 7 nitrogen and oxygen atoms in total. The number of aromatic amines is 1. The van der Waals surface area contributed by atoms with Gasteiger partial charge in [-0.15, -0.1) is 5.10 Å². The maximum Gasteiger partial charge on any atom is 0.254 e. The lowest BCUT2D eigenvalue weighted by Gasteiger charge is -2.38. The standard InChI is InChI=1S/C27H32N6O/c1-6-27(4,5)33-25(29-30-31-33)24(32-13-9-11-19-10-7-8-12-23(19)32)21-16-20-14-17(2)18(3)15-22(20)28-26(21)34/h7-8,10,12,14-16,24H,6,9,11,13H2,1-5H3,(H,28,34)/t24-/m0/s1. The third-order valence-corrected chi connectivity index (χ3v) is 7.42. The molecular weight excluding hydrogens is 424 g/mol. The van der Waals surface area contributed by atoms with E-state index in [1.54, 1.807) is 0 Å². The van der Waals surface area contributed by atoms with Crippen LogP contribution in [0.2, 0.25) is 0 Å². The number of nitrogens with zero attached hydrogens (tertiary/aromatic N) is 5. The van der Waals surface area contributed by atoms with Crippen LogP contribution < -0.4 is 10.5 Å². The summed E-state index contributed by atoms with van der Waals surface area (Å²) < 4.78 is 1.90. The molecule has 2 aromatic heterocycles. The highest BCUT2D eigenvalue weighted by molar-refractivity contribution is 5.81. The first-order valence-electron chi connectivity index (χ1n) is 12.1. The van der Waals surface area contributed by atoms with Gasteiger partial charge in [-0.3, -0.25) is 4.79 Å². The van der Waals surface area contributed by atoms with E-state index in [1.807, 2.05) is 16.8 Å². The van der Waals surface area contributed by atoms with Crippen LogP contribution in [0.3, 0.4) is 0 Å². The summed E-state index contributed by atoms with van der Waals surface area (Å²) in [5.41, 5.74) is 5.90. The quantitative estimate of drug-likeness (QED) is 0.466. The van der Waals surface area contributed by atoms with Crippen LogP contribution in [-0.2, 0) is 12.0 Å². The number of aromatic nitrogens is 5. The molecule has 0 fully saturated rings. The number of tetrazole rings is 1. The molecule has 34 heavy (non-hydrogen) atoms. The van der Waals surface area contributed by atoms with E-state index < -0.39 is 6.04 Å². The van der Waals surface area contributed by atoms with Gasteiger partial charge in [-0.2, -0.15) is 0 Å². The molecular formula is C27H32N6O. The van der Waals surface area contributed by atoms with Crippen molar-refractivity contribution in [3.63, 3.8) is 0 Å². The van der Waals surface area contributed by atoms with Crippen molar-refractivity contribution in [2.24, 2.45) is 0 Å². The summed E-state index contributed by atoms with van der Waals surface area (Å²) in [6, 6.07) is 14.3. The zero-order chi connectivity index (χ0) is 24.0. The summed E-state index contributed by atoms with van der Waals surface area (Å²) in [6.45, 7) is 11.4. The van der Waals surface area contributed by atoms with Gasteiger partial charge in [0.2, 0.25) is 0 Å². The largest absolute Gasteiger partial charge is 0.357 e. The number of benzene rings is 2. The Kier molecular flexibility index (Phi) is 5.50. The lowest BCUT2D eigenvalue weighted by Crippen LogP contribution is -2.40. The van der Waals surface area contributed by atoms with Crippen LogP contribution >= 0.6 is 0 Å². The van der Waals surface area contributed by atoms with Crippen molar-refractivity contribution in [3.8, 4) is 0 Å². The highest BCUT2D eigenvalue weighted by Gasteiger charge is 2.36. The first kappa shape index (κ1) is 22.3. The highest BCUT2D eigenvalue weighted by Crippen LogP contribution is 2.38. The number of fused-ring (bicyclic) bond motifs is 2. The Hall–Kier alpha value is -3.48. The van der Waals surface area contributed by atoms with Gasteiger partial charge < -0.3 is 9.88 Å². The number of nitrogens with one attached hydrogen (secondary N) is 1. The van der Waals surface area contributed by atoms with E-state index in [0.717, 1.165) is 48.0 Å². The van der Waals surface area contributed by atoms with Crippen LogP contribution in [-0.4, -0.2) is 31.7 Å². The Morgan fingerprint density at radius 3 is 2.68 bits per heavy atom. The molecule has 1 N–H and O–H groups in total. The molecule has 0 saturated heterocycles. The maximum atomic E-state index is 13.6. The molecule has 4 aromatic rings. The van der Waals surface area contributed by atoms with Gasteiger partial charge in [0, 0.05) is 23.3 Å². The van der Waals surface area contributed by atoms with E-state index >= 15 is 0 Å². The van der Waals surface area contributed by atoms with Crippen molar-refractivity contribution >= 4 is 16.6 Å². The Balaban J connectivity index is 1.78. The Bertz CT molecular complexity index is 1420. The average molecular weight is 457 g/mol. The van der Waals surface area contributed by atoms with Crippen molar-refractivity contribution in [1.82, 2.24) is 25.2 Å². The molecule has 1 aliphatic rings. The molecule has 0 spiro atoms. The fourth-order valence-corrected chi connectivity index (χ4v) is 4.92. The molecule has 0 unspecified atom stereocenters. The molecule has 0 radical (unpaired) electrons. The van der Waals surface area contributed by atoms with E-state index in [9.17, 15) is 4.79 Å². The summed E-state index contributed by atoms with van der Waals surface area (Å²) in [6.07, 6.45) is 2.90. The maximum absolute atomic E-state index is 13.6. The van der Waals surface area contributed by atoms with Gasteiger partial charge in [0.1, 0.15) is 6.04 Å². The summed E-state index contributed by atoms with van der Waals surface area (Å²) in [5, 5.41) is 14.0. The van der Waals surface area contributed by atoms with E-state index in [2.05, 4.69) is 90.4 Å². The van der Waals surface area contributed by atoms with Gasteiger partial charge >= 0.3 is 0 Å². The van der Waals surface area contributed by atoms with Gasteiger partial charge in [-0.25, -0.2) is 4.68 Å². The van der Waals surface area contributed by atoms with Gasteiger partial charge in [-0.05, 0) is 104 Å². The average Bonchev–Trinajstić information content (AvgIpc) is 3.31. The molecule has 0 bridgehead atoms. The summed E-state index contributed by atoms with van der Waals surface area (Å²) >= 11 is 0. The van der Waals surface area contributed by atoms with Crippen LogP contribution in [0.5, 0.6) is 0 Å². The predicted octanol–water partition coefficient (Wildman–Crippen LogP) is 4.82. The Morgan fingerprint density at radius 1 is 1.12 bits per heavy atom. The van der Waals surface area contributed by atoms with E-state index in [-0.39, 0.29) is 11.1 Å². The first-order valence-corrected chi connectivity index (χ1v) is 12.1. The first-order chi connectivity index (χ1) is 16.3. The molecule has 0 amide bonds. The van der Waals surface area contributed by atoms with Crippen LogP contribution in [0.1, 0.15) is 67.7 Å². The Morgan fingerprint density at radius 2 is 1.88 bits per heavy atom. The van der Waals surface area contributed by atoms with E-state index in [0.29, 0.717) is 11.4 Å². The van der Waals surface area contributed by atoms with Crippen molar-refractivity contribution in [2.75, 3.05) is 11.4 Å². The minimum absolute atomic E-state index is 0.104. The minimum Gasteiger partial charge on any atom is -0.357 e. The normalized spacial score (nSPS) is 14.9. The summed E-state index contributed by atoms with van der Waals surface area (Å²) in [5.74, 6) is 0.692. The smallest absolute Gasteiger partial charge is 0.254 e. The minimum atomic E-state index is -0.406. The number of anilines is 1. The molecule has 1 aliphatic heterocycles. The second-order valence-corrected chi connectivity index (χ2v) is 10.0. The van der Waals surface area contributed by atoms with E-state index in [1.165, 1.54) is 11.1 Å². The van der Waals surface area contributed by atoms with Gasteiger partial charge in [0.05, 0.1) is 5.54 Å². The highest BCUT2D eigenvalue weighted by atomic mass is 16.1. The van der Waals surface area contributed by atoms with Crippen LogP contribution in [0.15, 0.2) is 47.3 Å². The molecule has 3 heterocycles. The lowest BCUT2D eigenvalue weighted by molar-refractivity contribution is 0.287. The molecule has 2 aromatic carbocycles. The number of H-pyrrole nitrogens is 1. The number of aryl methyl sites for hydroxylation is 3. The van der Waals surface area contributed by atoms with Crippen molar-refractivity contribution in [1.29, 1.82) is 0 Å². The topological polar surface area (TPSA) is 79.7 Å². The van der Waals surface area contributed by atoms with Crippen molar-refractivity contribution < 1.29 is 0 Å². The zero-order valence-corrected chi connectivity index (χ0v) is 20.6. The van der Waals surface area contributed by atoms with Crippen LogP contribution in [0.4, 0.5) is 5.69 Å². The number of para-hydroxylation sites is 1. The van der Waals surface area contributed by atoms with Crippen LogP contribution in [0, 0.1) is 13.8 Å². The third-order valence-electron chi connectivity index (χ3n) is 7.42. The second-order valence-electron chi connectivity index (χ2n) is 10.0. The van der Waals surface area contributed by atoms with E-state index in [4.69, 9.17) is 0 Å². The third kappa shape index (κ3) is 3.69. The van der Waals surface area contributed by atoms with Gasteiger partial charge in [-0.1, -0.05) is 25.1 Å². The van der Waals surface area contributed by atoms with Gasteiger partial charge in [0.25, 0.3) is 5.56 Å². The fourth-order valence-electron chi connectivity index (χ4n) is 4.92. The Labute approximate surface area is 199 Å². The monoisotopic (exact) mass is 456 g/mol. The summed E-state index contributed by atoms with van der Waals surface area (Å²) in [4.78, 5) is 19.0. The predicted molar refractivity (Wildman–Crippen MR) is 135 cm³/mol. The van der Waals surface area contributed by atoms with Crippen molar-refractivity contribution in [3.05, 3.63) is 80.9 Å². The number of hydrogen-bond acceptors (Lipinski definition) is 5.